The van der Waals surface area contributed by atoms with E-state index in [-0.39, 0.29) is 12.2 Å². The summed E-state index contributed by atoms with van der Waals surface area (Å²) in [6.45, 7) is 3.32. The van der Waals surface area contributed by atoms with Gasteiger partial charge in [-0.25, -0.2) is 8.78 Å². The normalized spacial score (nSPS) is 15.3. The van der Waals surface area contributed by atoms with Gasteiger partial charge in [0.25, 0.3) is 0 Å². The van der Waals surface area contributed by atoms with Crippen LogP contribution in [0.1, 0.15) is 20.3 Å². The minimum absolute atomic E-state index is 0.180. The molecule has 0 aliphatic rings. The van der Waals surface area contributed by atoms with Gasteiger partial charge in [-0.2, -0.15) is 0 Å². The molecule has 6 heteroatoms. The van der Waals surface area contributed by atoms with Crippen LogP contribution in [0.15, 0.2) is 18.2 Å². The Morgan fingerprint density at radius 1 is 1.45 bits per heavy atom. The Balaban J connectivity index is 2.78. The van der Waals surface area contributed by atoms with E-state index in [9.17, 15) is 13.6 Å². The van der Waals surface area contributed by atoms with Gasteiger partial charge in [0.1, 0.15) is 11.4 Å². The molecule has 0 bridgehead atoms. The lowest BCUT2D eigenvalue weighted by Crippen LogP contribution is -2.50. The molecule has 2 unspecified atom stereocenters. The lowest BCUT2D eigenvalue weighted by atomic mass is 9.95. The molecule has 0 heterocycles. The molecule has 0 aromatic heterocycles. The van der Waals surface area contributed by atoms with Gasteiger partial charge >= 0.3 is 5.97 Å². The van der Waals surface area contributed by atoms with Crippen molar-refractivity contribution in [2.45, 2.75) is 31.9 Å². The number of methoxy groups -OCH3 is 1. The number of carbonyl (C=O) groups excluding carboxylic acids is 1. The summed E-state index contributed by atoms with van der Waals surface area (Å²) in [6, 6.07) is 2.98. The highest BCUT2D eigenvalue weighted by Crippen LogP contribution is 2.23. The third-order valence-corrected chi connectivity index (χ3v) is 3.10. The first kappa shape index (κ1) is 16.4. The standard InChI is InChI=1S/C14H19F2NO3/c1-9(8-14(2,17-3)13(18)19-4)20-12-7-10(15)5-6-11(12)16/h5-7,9,17H,8H2,1-4H3. The Morgan fingerprint density at radius 3 is 2.65 bits per heavy atom. The number of benzene rings is 1. The summed E-state index contributed by atoms with van der Waals surface area (Å²) < 4.78 is 36.6. The Labute approximate surface area is 117 Å². The van der Waals surface area contributed by atoms with E-state index < -0.39 is 29.2 Å². The maximum Gasteiger partial charge on any atom is 0.325 e. The minimum atomic E-state index is -0.960. The van der Waals surface area contributed by atoms with E-state index in [1.54, 1.807) is 20.9 Å². The zero-order valence-electron chi connectivity index (χ0n) is 12.0. The quantitative estimate of drug-likeness (QED) is 0.815. The molecule has 112 valence electrons. The fraction of sp³-hybridized carbons (Fsp3) is 0.500. The molecule has 1 aromatic carbocycles. The van der Waals surface area contributed by atoms with E-state index in [1.807, 2.05) is 0 Å². The number of likely N-dealkylation sites (N-methyl/N-ethyl adjacent to an activating group) is 1. The molecular formula is C14H19F2NO3. The molecule has 0 radical (unpaired) electrons. The molecule has 0 fully saturated rings. The van der Waals surface area contributed by atoms with Crippen molar-refractivity contribution < 1.29 is 23.0 Å². The lowest BCUT2D eigenvalue weighted by molar-refractivity contribution is -0.148. The summed E-state index contributed by atoms with van der Waals surface area (Å²) in [5.41, 5.74) is -0.960. The van der Waals surface area contributed by atoms with Crippen LogP contribution in [0.4, 0.5) is 8.78 Å². The van der Waals surface area contributed by atoms with Crippen LogP contribution in [0.5, 0.6) is 5.75 Å². The van der Waals surface area contributed by atoms with E-state index in [4.69, 9.17) is 9.47 Å². The molecule has 0 saturated carbocycles. The predicted molar refractivity (Wildman–Crippen MR) is 70.5 cm³/mol. The van der Waals surface area contributed by atoms with Gasteiger partial charge in [0.2, 0.25) is 0 Å². The maximum atomic E-state index is 13.5. The van der Waals surface area contributed by atoms with Crippen molar-refractivity contribution in [2.24, 2.45) is 0 Å². The van der Waals surface area contributed by atoms with Crippen LogP contribution in [-0.2, 0) is 9.53 Å². The van der Waals surface area contributed by atoms with Gasteiger partial charge in [-0.1, -0.05) is 0 Å². The van der Waals surface area contributed by atoms with Crippen molar-refractivity contribution in [3.05, 3.63) is 29.8 Å². The molecule has 0 amide bonds. The number of hydrogen-bond acceptors (Lipinski definition) is 4. The molecule has 0 saturated heterocycles. The van der Waals surface area contributed by atoms with Gasteiger partial charge in [-0.15, -0.1) is 0 Å². The van der Waals surface area contributed by atoms with Gasteiger partial charge in [0.05, 0.1) is 13.2 Å². The maximum absolute atomic E-state index is 13.5. The summed E-state index contributed by atoms with van der Waals surface area (Å²) in [5.74, 6) is -1.86. The third-order valence-electron chi connectivity index (χ3n) is 3.10. The SMILES string of the molecule is CNC(C)(CC(C)Oc1cc(F)ccc1F)C(=O)OC. The zero-order valence-corrected chi connectivity index (χ0v) is 12.0. The van der Waals surface area contributed by atoms with Crippen molar-refractivity contribution in [1.82, 2.24) is 5.32 Å². The molecule has 1 rings (SSSR count). The second-order valence-electron chi connectivity index (χ2n) is 4.78. The average molecular weight is 287 g/mol. The smallest absolute Gasteiger partial charge is 0.325 e. The molecule has 0 spiro atoms. The van der Waals surface area contributed by atoms with Crippen molar-refractivity contribution in [3.63, 3.8) is 0 Å². The second-order valence-corrected chi connectivity index (χ2v) is 4.78. The highest BCUT2D eigenvalue weighted by molar-refractivity contribution is 5.80. The summed E-state index contributed by atoms with van der Waals surface area (Å²) in [4.78, 5) is 11.7. The van der Waals surface area contributed by atoms with Crippen LogP contribution in [0.3, 0.4) is 0 Å². The molecule has 0 aliphatic carbocycles. The van der Waals surface area contributed by atoms with Gasteiger partial charge in [0.15, 0.2) is 11.6 Å². The van der Waals surface area contributed by atoms with Gasteiger partial charge in [0, 0.05) is 12.5 Å². The average Bonchev–Trinajstić information content (AvgIpc) is 2.41. The first-order valence-corrected chi connectivity index (χ1v) is 6.21. The first-order chi connectivity index (χ1) is 9.32. The molecule has 20 heavy (non-hydrogen) atoms. The van der Waals surface area contributed by atoms with Crippen LogP contribution >= 0.6 is 0 Å². The zero-order chi connectivity index (χ0) is 15.3. The topological polar surface area (TPSA) is 47.6 Å². The second kappa shape index (κ2) is 6.65. The highest BCUT2D eigenvalue weighted by Gasteiger charge is 2.35. The molecule has 4 nitrogen and oxygen atoms in total. The van der Waals surface area contributed by atoms with Crippen molar-refractivity contribution in [3.8, 4) is 5.75 Å². The summed E-state index contributed by atoms with van der Waals surface area (Å²) >= 11 is 0. The fourth-order valence-corrected chi connectivity index (χ4v) is 1.91. The molecular weight excluding hydrogens is 268 g/mol. The Hall–Kier alpha value is -1.69. The lowest BCUT2D eigenvalue weighted by Gasteiger charge is -2.29. The summed E-state index contributed by atoms with van der Waals surface area (Å²) in [7, 11) is 2.90. The van der Waals surface area contributed by atoms with E-state index in [0.717, 1.165) is 18.2 Å². The number of nitrogens with one attached hydrogen (secondary N) is 1. The summed E-state index contributed by atoms with van der Waals surface area (Å²) in [6.07, 6.45) is -0.269. The monoisotopic (exact) mass is 287 g/mol. The van der Waals surface area contributed by atoms with Crippen LogP contribution in [0.2, 0.25) is 0 Å². The number of carbonyl (C=O) groups is 1. The third kappa shape index (κ3) is 3.90. The van der Waals surface area contributed by atoms with Crippen molar-refractivity contribution in [2.75, 3.05) is 14.2 Å². The molecule has 0 aliphatic heterocycles. The minimum Gasteiger partial charge on any atom is -0.487 e. The van der Waals surface area contributed by atoms with Crippen molar-refractivity contribution in [1.29, 1.82) is 0 Å². The highest BCUT2D eigenvalue weighted by atomic mass is 19.1. The first-order valence-electron chi connectivity index (χ1n) is 6.21. The summed E-state index contributed by atoms with van der Waals surface area (Å²) in [5, 5.41) is 2.85. The van der Waals surface area contributed by atoms with Crippen LogP contribution in [0.25, 0.3) is 0 Å². The Morgan fingerprint density at radius 2 is 2.10 bits per heavy atom. The number of halogens is 2. The van der Waals surface area contributed by atoms with Gasteiger partial charge < -0.3 is 14.8 Å². The van der Waals surface area contributed by atoms with E-state index in [1.165, 1.54) is 7.11 Å². The van der Waals surface area contributed by atoms with E-state index >= 15 is 0 Å². The van der Waals surface area contributed by atoms with Crippen LogP contribution < -0.4 is 10.1 Å². The van der Waals surface area contributed by atoms with Crippen molar-refractivity contribution >= 4 is 5.97 Å². The van der Waals surface area contributed by atoms with Crippen LogP contribution in [-0.4, -0.2) is 31.8 Å². The molecule has 2 atom stereocenters. The van der Waals surface area contributed by atoms with Crippen LogP contribution in [0, 0.1) is 11.6 Å². The Kier molecular flexibility index (Phi) is 5.44. The number of esters is 1. The number of rotatable bonds is 6. The number of hydrogen-bond donors (Lipinski definition) is 1. The molecule has 1 aromatic rings. The largest absolute Gasteiger partial charge is 0.487 e. The van der Waals surface area contributed by atoms with E-state index in [2.05, 4.69) is 5.32 Å². The van der Waals surface area contributed by atoms with Gasteiger partial charge in [-0.3, -0.25) is 4.79 Å². The fourth-order valence-electron chi connectivity index (χ4n) is 1.91. The van der Waals surface area contributed by atoms with E-state index in [0.29, 0.717) is 0 Å². The predicted octanol–water partition coefficient (Wildman–Crippen LogP) is 2.27. The van der Waals surface area contributed by atoms with Gasteiger partial charge in [-0.05, 0) is 33.0 Å². The number of ether oxygens (including phenoxy) is 2. The molecule has 1 N–H and O–H groups in total. The Bertz CT molecular complexity index is 481.